The molecule has 2 aliphatic heterocycles. The van der Waals surface area contributed by atoms with Crippen molar-refractivity contribution in [1.82, 2.24) is 4.31 Å². The highest BCUT2D eigenvalue weighted by molar-refractivity contribution is 7.89. The summed E-state index contributed by atoms with van der Waals surface area (Å²) >= 11 is 6.14. The lowest BCUT2D eigenvalue weighted by molar-refractivity contribution is -0.122. The fourth-order valence-corrected chi connectivity index (χ4v) is 5.99. The van der Waals surface area contributed by atoms with Gasteiger partial charge in [0.2, 0.25) is 15.9 Å². The van der Waals surface area contributed by atoms with E-state index in [1.54, 1.807) is 38.1 Å². The second kappa shape index (κ2) is 8.38. The van der Waals surface area contributed by atoms with Crippen LogP contribution >= 0.6 is 11.6 Å². The number of carbonyl (C=O) groups excluding carboxylic acids is 2. The van der Waals surface area contributed by atoms with Gasteiger partial charge in [0.25, 0.3) is 5.91 Å². The Hall–Kier alpha value is -2.62. The summed E-state index contributed by atoms with van der Waals surface area (Å²) in [5.41, 5.74) is 2.28. The zero-order chi connectivity index (χ0) is 23.2. The highest BCUT2D eigenvalue weighted by atomic mass is 35.5. The summed E-state index contributed by atoms with van der Waals surface area (Å²) in [6, 6.07) is 7.32. The fraction of sp³-hybridized carbons (Fsp3) is 0.364. The molecule has 0 radical (unpaired) electrons. The number of amides is 2. The highest BCUT2D eigenvalue weighted by Gasteiger charge is 2.40. The maximum absolute atomic E-state index is 13.5. The lowest BCUT2D eigenvalue weighted by atomic mass is 10.1. The predicted octanol–water partition coefficient (Wildman–Crippen LogP) is 3.47. The molecule has 8 nitrogen and oxygen atoms in total. The molecule has 32 heavy (non-hydrogen) atoms. The van der Waals surface area contributed by atoms with Gasteiger partial charge in [0, 0.05) is 23.3 Å². The van der Waals surface area contributed by atoms with Gasteiger partial charge in [-0.05, 0) is 62.9 Å². The van der Waals surface area contributed by atoms with Gasteiger partial charge in [0.1, 0.15) is 11.8 Å². The Balaban J connectivity index is 1.62. The monoisotopic (exact) mass is 477 g/mol. The Labute approximate surface area is 191 Å². The van der Waals surface area contributed by atoms with Crippen molar-refractivity contribution in [3.05, 3.63) is 46.5 Å². The van der Waals surface area contributed by atoms with Crippen LogP contribution in [-0.4, -0.2) is 43.2 Å². The van der Waals surface area contributed by atoms with Gasteiger partial charge in [-0.2, -0.15) is 4.31 Å². The van der Waals surface area contributed by atoms with Gasteiger partial charge in [-0.3, -0.25) is 9.59 Å². The Kier molecular flexibility index (Phi) is 5.91. The van der Waals surface area contributed by atoms with Crippen LogP contribution in [0, 0.1) is 13.8 Å². The standard InChI is InChI=1S/C22H24ClN3O5S/c1-12-6-7-15(10-16(12)23)24-22(28)18-5-4-8-26(18)32(29,30)20-11-19-17(9-13(20)2)25-21(27)14(3)31-19/h6-7,9-11,14,18H,4-5,8H2,1-3H3,(H,24,28)(H,25,27)/t14-,18-/m0/s1. The van der Waals surface area contributed by atoms with E-state index in [2.05, 4.69) is 10.6 Å². The first-order valence-corrected chi connectivity index (χ1v) is 12.1. The van der Waals surface area contributed by atoms with Crippen molar-refractivity contribution in [3.63, 3.8) is 0 Å². The average Bonchev–Trinajstić information content (AvgIpc) is 3.22. The number of nitrogens with zero attached hydrogens (tertiary/aromatic N) is 1. The van der Waals surface area contributed by atoms with Crippen molar-refractivity contribution in [3.8, 4) is 5.75 Å². The van der Waals surface area contributed by atoms with Gasteiger partial charge in [-0.1, -0.05) is 17.7 Å². The zero-order valence-electron chi connectivity index (χ0n) is 17.9. The third-order valence-electron chi connectivity index (χ3n) is 5.74. The molecule has 0 bridgehead atoms. The maximum Gasteiger partial charge on any atom is 0.265 e. The summed E-state index contributed by atoms with van der Waals surface area (Å²) in [7, 11) is -3.98. The average molecular weight is 478 g/mol. The van der Waals surface area contributed by atoms with Crippen LogP contribution in [0.2, 0.25) is 5.02 Å². The summed E-state index contributed by atoms with van der Waals surface area (Å²) in [4.78, 5) is 24.9. The van der Waals surface area contributed by atoms with E-state index >= 15 is 0 Å². The fourth-order valence-electron chi connectivity index (χ4n) is 3.93. The first-order chi connectivity index (χ1) is 15.1. The topological polar surface area (TPSA) is 105 Å². The SMILES string of the molecule is Cc1ccc(NC(=O)[C@@H]2CCCN2S(=O)(=O)c2cc3c(cc2C)NC(=O)[C@H](C)O3)cc1Cl. The Bertz CT molecular complexity index is 1210. The van der Waals surface area contributed by atoms with Crippen LogP contribution in [0.15, 0.2) is 35.2 Å². The zero-order valence-corrected chi connectivity index (χ0v) is 19.5. The molecule has 2 aliphatic rings. The first-order valence-electron chi connectivity index (χ1n) is 10.3. The molecule has 2 amide bonds. The number of ether oxygens (including phenoxy) is 1. The smallest absolute Gasteiger partial charge is 0.265 e. The molecule has 2 atom stereocenters. The number of hydrogen-bond donors (Lipinski definition) is 2. The van der Waals surface area contributed by atoms with E-state index < -0.39 is 28.1 Å². The van der Waals surface area contributed by atoms with Crippen molar-refractivity contribution < 1.29 is 22.7 Å². The number of fused-ring (bicyclic) bond motifs is 1. The lowest BCUT2D eigenvalue weighted by Crippen LogP contribution is -2.43. The number of aryl methyl sites for hydroxylation is 2. The van der Waals surface area contributed by atoms with Gasteiger partial charge >= 0.3 is 0 Å². The molecule has 4 rings (SSSR count). The van der Waals surface area contributed by atoms with E-state index in [0.29, 0.717) is 34.8 Å². The summed E-state index contributed by atoms with van der Waals surface area (Å²) in [6.45, 7) is 5.33. The van der Waals surface area contributed by atoms with E-state index in [0.717, 1.165) is 5.56 Å². The van der Waals surface area contributed by atoms with Gasteiger partial charge in [0.05, 0.1) is 10.6 Å². The number of sulfonamides is 1. The van der Waals surface area contributed by atoms with Crippen LogP contribution in [0.25, 0.3) is 0 Å². The number of rotatable bonds is 4. The largest absolute Gasteiger partial charge is 0.479 e. The number of hydrogen-bond acceptors (Lipinski definition) is 5. The molecule has 1 fully saturated rings. The molecular weight excluding hydrogens is 454 g/mol. The van der Waals surface area contributed by atoms with Gasteiger partial charge in [-0.25, -0.2) is 8.42 Å². The second-order valence-electron chi connectivity index (χ2n) is 8.09. The Morgan fingerprint density at radius 2 is 1.97 bits per heavy atom. The number of anilines is 2. The summed E-state index contributed by atoms with van der Waals surface area (Å²) in [5.74, 6) is -0.408. The van der Waals surface area contributed by atoms with Crippen LogP contribution in [0.1, 0.15) is 30.9 Å². The number of nitrogens with one attached hydrogen (secondary N) is 2. The summed E-state index contributed by atoms with van der Waals surface area (Å²) < 4.78 is 33.9. The van der Waals surface area contributed by atoms with Crippen molar-refractivity contribution >= 4 is 44.8 Å². The number of carbonyl (C=O) groups is 2. The van der Waals surface area contributed by atoms with E-state index in [-0.39, 0.29) is 23.1 Å². The lowest BCUT2D eigenvalue weighted by Gasteiger charge is -2.27. The van der Waals surface area contributed by atoms with E-state index in [1.807, 2.05) is 6.92 Å². The molecule has 170 valence electrons. The molecule has 10 heteroatoms. The van der Waals surface area contributed by atoms with Gasteiger partial charge in [-0.15, -0.1) is 0 Å². The van der Waals surface area contributed by atoms with Crippen molar-refractivity contribution in [2.24, 2.45) is 0 Å². The normalized spacial score (nSPS) is 20.9. The second-order valence-corrected chi connectivity index (χ2v) is 10.4. The van der Waals surface area contributed by atoms with Crippen molar-refractivity contribution in [2.75, 3.05) is 17.2 Å². The van der Waals surface area contributed by atoms with E-state index in [1.165, 1.54) is 10.4 Å². The molecule has 0 aliphatic carbocycles. The van der Waals surface area contributed by atoms with E-state index in [4.69, 9.17) is 16.3 Å². The van der Waals surface area contributed by atoms with Crippen LogP contribution in [0.5, 0.6) is 5.75 Å². The Morgan fingerprint density at radius 3 is 2.69 bits per heavy atom. The quantitative estimate of drug-likeness (QED) is 0.701. The van der Waals surface area contributed by atoms with Gasteiger partial charge < -0.3 is 15.4 Å². The van der Waals surface area contributed by atoms with Crippen molar-refractivity contribution in [2.45, 2.75) is 50.7 Å². The minimum Gasteiger partial charge on any atom is -0.479 e. The molecule has 2 aromatic rings. The third kappa shape index (κ3) is 4.07. The van der Waals surface area contributed by atoms with Gasteiger partial charge in [0.15, 0.2) is 6.10 Å². The molecule has 2 aromatic carbocycles. The molecule has 0 aromatic heterocycles. The van der Waals surface area contributed by atoms with E-state index in [9.17, 15) is 18.0 Å². The summed E-state index contributed by atoms with van der Waals surface area (Å²) in [5, 5.41) is 6.01. The van der Waals surface area contributed by atoms with Crippen LogP contribution < -0.4 is 15.4 Å². The summed E-state index contributed by atoms with van der Waals surface area (Å²) in [6.07, 6.45) is 0.255. The molecule has 1 saturated heterocycles. The predicted molar refractivity (Wildman–Crippen MR) is 122 cm³/mol. The number of benzene rings is 2. The minimum absolute atomic E-state index is 0.0534. The molecular formula is C22H24ClN3O5S. The first kappa shape index (κ1) is 22.6. The third-order valence-corrected chi connectivity index (χ3v) is 8.20. The van der Waals surface area contributed by atoms with Crippen LogP contribution in [-0.2, 0) is 19.6 Å². The molecule has 0 saturated carbocycles. The molecule has 2 N–H and O–H groups in total. The maximum atomic E-state index is 13.5. The van der Waals surface area contributed by atoms with Crippen molar-refractivity contribution in [1.29, 1.82) is 0 Å². The molecule has 0 unspecified atom stereocenters. The Morgan fingerprint density at radius 1 is 1.22 bits per heavy atom. The molecule has 0 spiro atoms. The highest BCUT2D eigenvalue weighted by Crippen LogP contribution is 2.37. The minimum atomic E-state index is -3.98. The van der Waals surface area contributed by atoms with Crippen LogP contribution in [0.4, 0.5) is 11.4 Å². The number of halogens is 1. The van der Waals surface area contributed by atoms with Crippen LogP contribution in [0.3, 0.4) is 0 Å². The molecule has 2 heterocycles.